The average molecular weight is 256 g/mol. The molecule has 0 aliphatic carbocycles. The van der Waals surface area contributed by atoms with E-state index in [2.05, 4.69) is 9.47 Å². The first kappa shape index (κ1) is 16.2. The SMILES string of the molecule is CCOC(=O)C(F)(F)OCCOCCCCO. The Morgan fingerprint density at radius 2 is 1.94 bits per heavy atom. The summed E-state index contributed by atoms with van der Waals surface area (Å²) in [6.45, 7) is 1.29. The van der Waals surface area contributed by atoms with Gasteiger partial charge in [0.25, 0.3) is 0 Å². The van der Waals surface area contributed by atoms with Crippen LogP contribution in [0.1, 0.15) is 19.8 Å². The minimum Gasteiger partial charge on any atom is -0.460 e. The van der Waals surface area contributed by atoms with E-state index in [0.29, 0.717) is 19.4 Å². The van der Waals surface area contributed by atoms with Crippen molar-refractivity contribution in [3.05, 3.63) is 0 Å². The Balaban J connectivity index is 3.55. The molecule has 0 aromatic heterocycles. The molecule has 0 amide bonds. The molecule has 1 N–H and O–H groups in total. The Morgan fingerprint density at radius 1 is 1.24 bits per heavy atom. The predicted molar refractivity (Wildman–Crippen MR) is 54.7 cm³/mol. The quantitative estimate of drug-likeness (QED) is 0.465. The van der Waals surface area contributed by atoms with Crippen molar-refractivity contribution < 1.29 is 32.9 Å². The van der Waals surface area contributed by atoms with Crippen molar-refractivity contribution >= 4 is 5.97 Å². The fourth-order valence-corrected chi connectivity index (χ4v) is 0.921. The van der Waals surface area contributed by atoms with Crippen LogP contribution in [0.5, 0.6) is 0 Å². The van der Waals surface area contributed by atoms with Gasteiger partial charge >= 0.3 is 12.1 Å². The van der Waals surface area contributed by atoms with Gasteiger partial charge in [-0.3, -0.25) is 0 Å². The summed E-state index contributed by atoms with van der Waals surface area (Å²) in [5, 5.41) is 8.46. The third kappa shape index (κ3) is 8.00. The van der Waals surface area contributed by atoms with E-state index in [9.17, 15) is 13.6 Å². The van der Waals surface area contributed by atoms with E-state index in [1.807, 2.05) is 0 Å². The lowest BCUT2D eigenvalue weighted by Crippen LogP contribution is -2.35. The van der Waals surface area contributed by atoms with Gasteiger partial charge in [-0.25, -0.2) is 4.79 Å². The fourth-order valence-electron chi connectivity index (χ4n) is 0.921. The molecule has 0 spiro atoms. The lowest BCUT2D eigenvalue weighted by atomic mass is 10.3. The first-order chi connectivity index (χ1) is 8.04. The number of aliphatic hydroxyl groups is 1. The molecule has 0 radical (unpaired) electrons. The van der Waals surface area contributed by atoms with Crippen LogP contribution in [0.15, 0.2) is 0 Å². The van der Waals surface area contributed by atoms with Crippen LogP contribution in [0.4, 0.5) is 8.78 Å². The summed E-state index contributed by atoms with van der Waals surface area (Å²) in [5.41, 5.74) is 0. The van der Waals surface area contributed by atoms with Crippen LogP contribution >= 0.6 is 0 Å². The number of aliphatic hydroxyl groups excluding tert-OH is 1. The molecule has 0 atom stereocenters. The Bertz CT molecular complexity index is 211. The number of carbonyl (C=O) groups excluding carboxylic acids is 1. The van der Waals surface area contributed by atoms with Gasteiger partial charge in [-0.2, -0.15) is 8.78 Å². The zero-order valence-corrected chi connectivity index (χ0v) is 9.79. The number of unbranched alkanes of at least 4 members (excludes halogenated alkanes) is 1. The molecular formula is C10H18F2O5. The van der Waals surface area contributed by atoms with Gasteiger partial charge in [-0.05, 0) is 19.8 Å². The van der Waals surface area contributed by atoms with Crippen molar-refractivity contribution in [2.24, 2.45) is 0 Å². The number of rotatable bonds is 10. The Labute approximate surface area is 98.7 Å². The average Bonchev–Trinajstić information content (AvgIpc) is 2.28. The van der Waals surface area contributed by atoms with Crippen LogP contribution in [0.3, 0.4) is 0 Å². The molecule has 0 heterocycles. The number of carbonyl (C=O) groups is 1. The lowest BCUT2D eigenvalue weighted by Gasteiger charge is -2.14. The maximum Gasteiger partial charge on any atom is 0.456 e. The topological polar surface area (TPSA) is 65.0 Å². The van der Waals surface area contributed by atoms with E-state index in [1.54, 1.807) is 0 Å². The predicted octanol–water partition coefficient (Wildman–Crippen LogP) is 0.948. The third-order valence-electron chi connectivity index (χ3n) is 1.72. The van der Waals surface area contributed by atoms with Crippen LogP contribution < -0.4 is 0 Å². The Hall–Kier alpha value is -0.790. The van der Waals surface area contributed by atoms with Crippen molar-refractivity contribution in [1.29, 1.82) is 0 Å². The number of ether oxygens (including phenoxy) is 3. The number of hydrogen-bond donors (Lipinski definition) is 1. The normalized spacial score (nSPS) is 11.5. The third-order valence-corrected chi connectivity index (χ3v) is 1.72. The highest BCUT2D eigenvalue weighted by atomic mass is 19.3. The molecule has 0 aliphatic heterocycles. The highest BCUT2D eigenvalue weighted by Crippen LogP contribution is 2.16. The molecule has 0 bridgehead atoms. The summed E-state index contributed by atoms with van der Waals surface area (Å²) < 4.78 is 38.8. The first-order valence-corrected chi connectivity index (χ1v) is 5.42. The van der Waals surface area contributed by atoms with E-state index in [-0.39, 0.29) is 19.8 Å². The van der Waals surface area contributed by atoms with Crippen molar-refractivity contribution in [2.45, 2.75) is 25.9 Å². The maximum absolute atomic E-state index is 12.8. The zero-order valence-electron chi connectivity index (χ0n) is 9.79. The van der Waals surface area contributed by atoms with Gasteiger partial charge in [0.15, 0.2) is 0 Å². The monoisotopic (exact) mass is 256 g/mol. The summed E-state index contributed by atoms with van der Waals surface area (Å²) in [6.07, 6.45) is -2.69. The maximum atomic E-state index is 12.8. The molecule has 5 nitrogen and oxygen atoms in total. The van der Waals surface area contributed by atoms with E-state index in [1.165, 1.54) is 6.92 Å². The summed E-state index contributed by atoms with van der Waals surface area (Å²) in [4.78, 5) is 10.7. The van der Waals surface area contributed by atoms with Crippen molar-refractivity contribution in [1.82, 2.24) is 0 Å². The number of esters is 1. The second kappa shape index (κ2) is 9.26. The van der Waals surface area contributed by atoms with E-state index >= 15 is 0 Å². The van der Waals surface area contributed by atoms with Crippen LogP contribution in [0, 0.1) is 0 Å². The van der Waals surface area contributed by atoms with Gasteiger partial charge in [0, 0.05) is 13.2 Å². The molecule has 0 unspecified atom stereocenters. The van der Waals surface area contributed by atoms with Gasteiger partial charge in [0.1, 0.15) is 0 Å². The number of halogens is 2. The minimum absolute atomic E-state index is 0.0412. The molecule has 0 aromatic rings. The molecule has 0 aromatic carbocycles. The second-order valence-corrected chi connectivity index (χ2v) is 3.13. The molecule has 0 fully saturated rings. The molecule has 0 aliphatic rings. The Kier molecular flexibility index (Phi) is 8.83. The first-order valence-electron chi connectivity index (χ1n) is 5.42. The van der Waals surface area contributed by atoms with Gasteiger partial charge in [-0.15, -0.1) is 0 Å². The van der Waals surface area contributed by atoms with Gasteiger partial charge < -0.3 is 19.3 Å². The number of hydrogen-bond acceptors (Lipinski definition) is 5. The highest BCUT2D eigenvalue weighted by molar-refractivity contribution is 5.75. The standard InChI is InChI=1S/C10H18F2O5/c1-2-16-9(14)10(11,12)17-8-7-15-6-4-3-5-13/h13H,2-8H2,1H3. The van der Waals surface area contributed by atoms with Crippen LogP contribution in [-0.4, -0.2) is 50.2 Å². The lowest BCUT2D eigenvalue weighted by molar-refractivity contribution is -0.252. The van der Waals surface area contributed by atoms with Gasteiger partial charge in [0.2, 0.25) is 0 Å². The van der Waals surface area contributed by atoms with E-state index < -0.39 is 18.7 Å². The summed E-state index contributed by atoms with van der Waals surface area (Å²) >= 11 is 0. The van der Waals surface area contributed by atoms with Crippen LogP contribution in [0.25, 0.3) is 0 Å². The summed E-state index contributed by atoms with van der Waals surface area (Å²) in [5.74, 6) is -1.69. The summed E-state index contributed by atoms with van der Waals surface area (Å²) in [7, 11) is 0. The van der Waals surface area contributed by atoms with Crippen molar-refractivity contribution in [3.8, 4) is 0 Å². The van der Waals surface area contributed by atoms with Gasteiger partial charge in [-0.1, -0.05) is 0 Å². The fraction of sp³-hybridized carbons (Fsp3) is 0.900. The molecule has 0 saturated heterocycles. The molecule has 0 rings (SSSR count). The Morgan fingerprint density at radius 3 is 2.53 bits per heavy atom. The van der Waals surface area contributed by atoms with Crippen molar-refractivity contribution in [3.63, 3.8) is 0 Å². The van der Waals surface area contributed by atoms with E-state index in [4.69, 9.17) is 9.84 Å². The molecule has 7 heteroatoms. The second-order valence-electron chi connectivity index (χ2n) is 3.13. The molecule has 0 saturated carbocycles. The van der Waals surface area contributed by atoms with Crippen LogP contribution in [0.2, 0.25) is 0 Å². The smallest absolute Gasteiger partial charge is 0.456 e. The minimum atomic E-state index is -3.93. The highest BCUT2D eigenvalue weighted by Gasteiger charge is 2.42. The largest absolute Gasteiger partial charge is 0.460 e. The van der Waals surface area contributed by atoms with E-state index in [0.717, 1.165) is 0 Å². The van der Waals surface area contributed by atoms with Crippen LogP contribution in [-0.2, 0) is 19.0 Å². The molecular weight excluding hydrogens is 238 g/mol. The van der Waals surface area contributed by atoms with Gasteiger partial charge in [0.05, 0.1) is 19.8 Å². The molecule has 102 valence electrons. The van der Waals surface area contributed by atoms with Crippen molar-refractivity contribution in [2.75, 3.05) is 33.0 Å². The zero-order chi connectivity index (χ0) is 13.1. The summed E-state index contributed by atoms with van der Waals surface area (Å²) in [6, 6.07) is 0. The molecule has 17 heavy (non-hydrogen) atoms. The number of alkyl halides is 2.